The van der Waals surface area contributed by atoms with Crippen LogP contribution in [0.5, 0.6) is 0 Å². The van der Waals surface area contributed by atoms with Gasteiger partial charge in [-0.2, -0.15) is 0 Å². The molecule has 1 N–H and O–H groups in total. The van der Waals surface area contributed by atoms with E-state index in [0.29, 0.717) is 12.0 Å². The Morgan fingerprint density at radius 2 is 1.55 bits per heavy atom. The molecule has 3 rings (SSSR count). The van der Waals surface area contributed by atoms with E-state index in [1.54, 1.807) is 18.8 Å². The van der Waals surface area contributed by atoms with Gasteiger partial charge in [0.05, 0.1) is 12.2 Å². The van der Waals surface area contributed by atoms with Crippen molar-refractivity contribution in [2.24, 2.45) is 0 Å². The van der Waals surface area contributed by atoms with Crippen LogP contribution in [0.4, 0.5) is 5.69 Å². The highest BCUT2D eigenvalue weighted by atomic mass is 32.2. The third kappa shape index (κ3) is 5.48. The van der Waals surface area contributed by atoms with Crippen molar-refractivity contribution in [3.8, 4) is 0 Å². The topological polar surface area (TPSA) is 49.4 Å². The largest absolute Gasteiger partial charge is 0.332 e. The first-order valence-corrected chi connectivity index (χ1v) is 10.6. The zero-order valence-electron chi connectivity index (χ0n) is 16.6. The highest BCUT2D eigenvalue weighted by molar-refractivity contribution is 7.98. The van der Waals surface area contributed by atoms with Gasteiger partial charge in [-0.15, -0.1) is 11.8 Å². The molecule has 3 aromatic carbocycles. The molecular formula is C24H24N2O2S. The van der Waals surface area contributed by atoms with Crippen molar-refractivity contribution >= 4 is 29.3 Å². The Hall–Kier alpha value is -3.05. The summed E-state index contributed by atoms with van der Waals surface area (Å²) in [6, 6.07) is 25.2. The van der Waals surface area contributed by atoms with E-state index in [1.807, 2.05) is 85.1 Å². The summed E-state index contributed by atoms with van der Waals surface area (Å²) >= 11 is 1.57. The van der Waals surface area contributed by atoms with Gasteiger partial charge in [0.25, 0.3) is 5.91 Å². The molecule has 148 valence electrons. The molecule has 4 nitrogen and oxygen atoms in total. The van der Waals surface area contributed by atoms with Gasteiger partial charge < -0.3 is 10.2 Å². The lowest BCUT2D eigenvalue weighted by atomic mass is 9.99. The molecule has 0 heterocycles. The van der Waals surface area contributed by atoms with Crippen molar-refractivity contribution < 1.29 is 9.59 Å². The van der Waals surface area contributed by atoms with E-state index in [2.05, 4.69) is 5.32 Å². The predicted molar refractivity (Wildman–Crippen MR) is 120 cm³/mol. The van der Waals surface area contributed by atoms with Gasteiger partial charge in [-0.25, -0.2) is 0 Å². The first kappa shape index (κ1) is 20.7. The van der Waals surface area contributed by atoms with E-state index >= 15 is 0 Å². The number of anilines is 1. The first-order valence-electron chi connectivity index (χ1n) is 9.38. The molecule has 0 saturated heterocycles. The fourth-order valence-electron chi connectivity index (χ4n) is 3.13. The van der Waals surface area contributed by atoms with Gasteiger partial charge in [0.1, 0.15) is 0 Å². The predicted octanol–water partition coefficient (Wildman–Crippen LogP) is 4.71. The quantitative estimate of drug-likeness (QED) is 0.580. The van der Waals surface area contributed by atoms with Gasteiger partial charge in [-0.3, -0.25) is 9.59 Å². The molecule has 0 aliphatic carbocycles. The third-order valence-corrected chi connectivity index (χ3v) is 5.39. The number of para-hydroxylation sites is 1. The first-order chi connectivity index (χ1) is 14.1. The molecule has 0 unspecified atom stereocenters. The number of likely N-dealkylation sites (N-methyl/N-ethyl adjacent to an activating group) is 1. The monoisotopic (exact) mass is 404 g/mol. The molecule has 0 radical (unpaired) electrons. The molecule has 2 amide bonds. The number of carbonyl (C=O) groups is 2. The Labute approximate surface area is 175 Å². The summed E-state index contributed by atoms with van der Waals surface area (Å²) in [6.07, 6.45) is 2.63. The number of nitrogens with one attached hydrogen (secondary N) is 1. The average molecular weight is 405 g/mol. The zero-order valence-corrected chi connectivity index (χ0v) is 17.4. The number of carbonyl (C=O) groups excluding carboxylic acids is 2. The van der Waals surface area contributed by atoms with Crippen LogP contribution in [0.2, 0.25) is 0 Å². The van der Waals surface area contributed by atoms with Crippen LogP contribution in [-0.2, 0) is 11.2 Å². The van der Waals surface area contributed by atoms with Crippen molar-refractivity contribution in [1.29, 1.82) is 0 Å². The number of rotatable bonds is 7. The second-order valence-electron chi connectivity index (χ2n) is 6.73. The van der Waals surface area contributed by atoms with Crippen molar-refractivity contribution in [2.75, 3.05) is 25.2 Å². The van der Waals surface area contributed by atoms with E-state index in [4.69, 9.17) is 0 Å². The minimum absolute atomic E-state index is 0.0127. The van der Waals surface area contributed by atoms with Crippen LogP contribution in [0.15, 0.2) is 83.8 Å². The molecule has 0 aromatic heterocycles. The average Bonchev–Trinajstić information content (AvgIpc) is 2.74. The van der Waals surface area contributed by atoms with Gasteiger partial charge in [0.2, 0.25) is 5.91 Å². The summed E-state index contributed by atoms with van der Waals surface area (Å²) in [4.78, 5) is 27.9. The second kappa shape index (κ2) is 9.94. The zero-order chi connectivity index (χ0) is 20.6. The lowest BCUT2D eigenvalue weighted by Crippen LogP contribution is -2.35. The van der Waals surface area contributed by atoms with Crippen molar-refractivity contribution in [1.82, 2.24) is 4.90 Å². The van der Waals surface area contributed by atoms with Crippen LogP contribution in [0.25, 0.3) is 0 Å². The molecule has 29 heavy (non-hydrogen) atoms. The molecular weight excluding hydrogens is 380 g/mol. The Bertz CT molecular complexity index is 989. The Kier molecular flexibility index (Phi) is 7.09. The van der Waals surface area contributed by atoms with E-state index in [9.17, 15) is 9.59 Å². The number of amides is 2. The number of thioether (sulfide) groups is 1. The van der Waals surface area contributed by atoms with Gasteiger partial charge in [-0.05, 0) is 42.0 Å². The van der Waals surface area contributed by atoms with E-state index in [1.165, 1.54) is 4.90 Å². The Morgan fingerprint density at radius 1 is 0.897 bits per heavy atom. The lowest BCUT2D eigenvalue weighted by molar-refractivity contribution is -0.116. The maximum absolute atomic E-state index is 13.0. The standard InChI is InChI=1S/C24H24N2O2S/c1-26(17-23(27)25-21-14-8-9-15-22(21)29-2)24(28)20-13-7-6-12-19(20)16-18-10-4-3-5-11-18/h3-15H,16-17H2,1-2H3,(H,25,27). The number of hydrogen-bond acceptors (Lipinski definition) is 3. The maximum Gasteiger partial charge on any atom is 0.254 e. The molecule has 0 spiro atoms. The van der Waals surface area contributed by atoms with Crippen LogP contribution in [0.3, 0.4) is 0 Å². The molecule has 0 atom stereocenters. The van der Waals surface area contributed by atoms with Crippen LogP contribution in [-0.4, -0.2) is 36.6 Å². The van der Waals surface area contributed by atoms with Gasteiger partial charge >= 0.3 is 0 Å². The van der Waals surface area contributed by atoms with Crippen LogP contribution in [0.1, 0.15) is 21.5 Å². The fraction of sp³-hybridized carbons (Fsp3) is 0.167. The maximum atomic E-state index is 13.0. The summed E-state index contributed by atoms with van der Waals surface area (Å²) in [5.74, 6) is -0.382. The highest BCUT2D eigenvalue weighted by Crippen LogP contribution is 2.24. The van der Waals surface area contributed by atoms with E-state index in [-0.39, 0.29) is 18.4 Å². The molecule has 0 bridgehead atoms. The van der Waals surface area contributed by atoms with Crippen LogP contribution < -0.4 is 5.32 Å². The summed E-state index contributed by atoms with van der Waals surface area (Å²) < 4.78 is 0. The third-order valence-electron chi connectivity index (χ3n) is 4.59. The number of hydrogen-bond donors (Lipinski definition) is 1. The minimum atomic E-state index is -0.220. The molecule has 3 aromatic rings. The van der Waals surface area contributed by atoms with Crippen LogP contribution in [0, 0.1) is 0 Å². The lowest BCUT2D eigenvalue weighted by Gasteiger charge is -2.19. The second-order valence-corrected chi connectivity index (χ2v) is 7.58. The van der Waals surface area contributed by atoms with Gasteiger partial charge in [-0.1, -0.05) is 60.7 Å². The summed E-state index contributed by atoms with van der Waals surface area (Å²) in [6.45, 7) is -0.0127. The summed E-state index contributed by atoms with van der Waals surface area (Å²) in [5.41, 5.74) is 3.47. The minimum Gasteiger partial charge on any atom is -0.332 e. The number of benzene rings is 3. The highest BCUT2D eigenvalue weighted by Gasteiger charge is 2.18. The summed E-state index contributed by atoms with van der Waals surface area (Å²) in [5, 5.41) is 2.90. The SMILES string of the molecule is CSc1ccccc1NC(=O)CN(C)C(=O)c1ccccc1Cc1ccccc1. The molecule has 5 heteroatoms. The van der Waals surface area contributed by atoms with Crippen LogP contribution >= 0.6 is 11.8 Å². The van der Waals surface area contributed by atoms with Crippen molar-refractivity contribution in [3.63, 3.8) is 0 Å². The smallest absolute Gasteiger partial charge is 0.254 e. The van der Waals surface area contributed by atoms with Gasteiger partial charge in [0, 0.05) is 17.5 Å². The van der Waals surface area contributed by atoms with E-state index in [0.717, 1.165) is 21.7 Å². The molecule has 0 fully saturated rings. The van der Waals surface area contributed by atoms with E-state index < -0.39 is 0 Å². The Morgan fingerprint density at radius 3 is 2.31 bits per heavy atom. The number of nitrogens with zero attached hydrogens (tertiary/aromatic N) is 1. The fourth-order valence-corrected chi connectivity index (χ4v) is 3.68. The van der Waals surface area contributed by atoms with Crippen molar-refractivity contribution in [2.45, 2.75) is 11.3 Å². The molecule has 0 saturated carbocycles. The molecule has 0 aliphatic rings. The van der Waals surface area contributed by atoms with Crippen molar-refractivity contribution in [3.05, 3.63) is 95.6 Å². The van der Waals surface area contributed by atoms with Gasteiger partial charge in [0.15, 0.2) is 0 Å². The Balaban J connectivity index is 1.69. The summed E-state index contributed by atoms with van der Waals surface area (Å²) in [7, 11) is 1.65. The molecule has 0 aliphatic heterocycles. The normalized spacial score (nSPS) is 10.4.